The molecule has 0 spiro atoms. The van der Waals surface area contributed by atoms with Gasteiger partial charge in [0.15, 0.2) is 0 Å². The van der Waals surface area contributed by atoms with Gasteiger partial charge in [-0.3, -0.25) is 9.48 Å². The number of benzene rings is 1. The van der Waals surface area contributed by atoms with Gasteiger partial charge in [-0.1, -0.05) is 18.2 Å². The van der Waals surface area contributed by atoms with Crippen LogP contribution in [0.1, 0.15) is 26.6 Å². The summed E-state index contributed by atoms with van der Waals surface area (Å²) >= 11 is 1.42. The molecule has 31 heavy (non-hydrogen) atoms. The second-order valence-electron chi connectivity index (χ2n) is 7.40. The van der Waals surface area contributed by atoms with Crippen molar-refractivity contribution in [3.63, 3.8) is 0 Å². The van der Waals surface area contributed by atoms with Crippen LogP contribution in [0.3, 0.4) is 0 Å². The smallest absolute Gasteiger partial charge is 0.261 e. The molecule has 0 unspecified atom stereocenters. The van der Waals surface area contributed by atoms with Gasteiger partial charge in [-0.25, -0.2) is 9.37 Å². The number of hydrogen-bond acceptors (Lipinski definition) is 4. The molecule has 5 aromatic rings. The van der Waals surface area contributed by atoms with Crippen LogP contribution in [0.4, 0.5) is 4.39 Å². The number of nitrogens with one attached hydrogen (secondary N) is 1. The summed E-state index contributed by atoms with van der Waals surface area (Å²) in [6.07, 6.45) is 4.60. The summed E-state index contributed by atoms with van der Waals surface area (Å²) in [6, 6.07) is 14.1. The van der Waals surface area contributed by atoms with Crippen LogP contribution < -0.4 is 5.32 Å². The first-order valence-corrected chi connectivity index (χ1v) is 10.8. The number of amides is 1. The molecule has 0 aliphatic carbocycles. The lowest BCUT2D eigenvalue weighted by molar-refractivity contribution is 0.0958. The summed E-state index contributed by atoms with van der Waals surface area (Å²) in [5.74, 6) is -0.359. The fraction of sp³-hybridized carbons (Fsp3) is 0.174. The van der Waals surface area contributed by atoms with Crippen molar-refractivity contribution in [3.05, 3.63) is 88.6 Å². The Labute approximate surface area is 182 Å². The largest absolute Gasteiger partial charge is 0.351 e. The van der Waals surface area contributed by atoms with Gasteiger partial charge in [0.1, 0.15) is 16.3 Å². The van der Waals surface area contributed by atoms with Crippen molar-refractivity contribution in [3.8, 4) is 0 Å². The van der Waals surface area contributed by atoms with Gasteiger partial charge in [0.05, 0.1) is 22.8 Å². The van der Waals surface area contributed by atoms with Crippen molar-refractivity contribution < 1.29 is 9.18 Å². The maximum absolute atomic E-state index is 13.2. The van der Waals surface area contributed by atoms with Crippen molar-refractivity contribution in [1.29, 1.82) is 0 Å². The number of aromatic nitrogens is 4. The fourth-order valence-corrected chi connectivity index (χ4v) is 4.67. The fourth-order valence-electron chi connectivity index (χ4n) is 3.59. The highest BCUT2D eigenvalue weighted by atomic mass is 32.1. The number of imidazole rings is 1. The van der Waals surface area contributed by atoms with Crippen molar-refractivity contribution in [2.24, 2.45) is 0 Å². The topological polar surface area (TPSA) is 64.2 Å². The molecule has 5 rings (SSSR count). The van der Waals surface area contributed by atoms with E-state index in [1.807, 2.05) is 52.7 Å². The third-order valence-corrected chi connectivity index (χ3v) is 6.30. The third-order valence-electron chi connectivity index (χ3n) is 5.16. The van der Waals surface area contributed by atoms with E-state index >= 15 is 0 Å². The normalized spacial score (nSPS) is 11.4. The minimum absolute atomic E-state index is 0.0994. The van der Waals surface area contributed by atoms with Gasteiger partial charge in [-0.2, -0.15) is 5.10 Å². The van der Waals surface area contributed by atoms with Crippen LogP contribution >= 0.6 is 11.3 Å². The van der Waals surface area contributed by atoms with Gasteiger partial charge in [0.25, 0.3) is 5.91 Å². The van der Waals surface area contributed by atoms with Crippen molar-refractivity contribution in [2.45, 2.75) is 19.9 Å². The molecule has 1 aromatic carbocycles. The molecule has 0 radical (unpaired) electrons. The quantitative estimate of drug-likeness (QED) is 0.436. The standard InChI is InChI=1S/C23H20FN5OS/c1-15-19-12-20(31-23(19)29(27-15)13-16-5-7-17(24)8-6-16)22(30)25-10-9-18-14-28-11-3-2-4-21(28)26-18/h2-8,11-12,14H,9-10,13H2,1H3,(H,25,30). The first-order chi connectivity index (χ1) is 15.1. The molecule has 0 aliphatic heterocycles. The minimum atomic E-state index is -0.260. The predicted octanol–water partition coefficient (Wildman–Crippen LogP) is 4.21. The summed E-state index contributed by atoms with van der Waals surface area (Å²) in [4.78, 5) is 18.8. The van der Waals surface area contributed by atoms with Crippen LogP contribution in [0.2, 0.25) is 0 Å². The second-order valence-corrected chi connectivity index (χ2v) is 8.43. The van der Waals surface area contributed by atoms with E-state index in [1.54, 1.807) is 12.1 Å². The molecule has 4 aromatic heterocycles. The molecule has 0 atom stereocenters. The molecular formula is C23H20FN5OS. The van der Waals surface area contributed by atoms with Crippen molar-refractivity contribution in [2.75, 3.05) is 6.54 Å². The van der Waals surface area contributed by atoms with Gasteiger partial charge in [0, 0.05) is 30.7 Å². The molecule has 156 valence electrons. The Kier molecular flexibility index (Phi) is 4.99. The molecule has 8 heteroatoms. The first-order valence-electron chi connectivity index (χ1n) is 9.99. The van der Waals surface area contributed by atoms with Crippen LogP contribution in [0.25, 0.3) is 15.9 Å². The van der Waals surface area contributed by atoms with E-state index in [0.29, 0.717) is 24.4 Å². The van der Waals surface area contributed by atoms with Crippen molar-refractivity contribution in [1.82, 2.24) is 24.5 Å². The van der Waals surface area contributed by atoms with E-state index in [0.717, 1.165) is 32.8 Å². The number of carbonyl (C=O) groups is 1. The van der Waals surface area contributed by atoms with E-state index in [-0.39, 0.29) is 11.7 Å². The zero-order valence-corrected chi connectivity index (χ0v) is 17.7. The summed E-state index contributed by atoms with van der Waals surface area (Å²) in [5.41, 5.74) is 3.66. The van der Waals surface area contributed by atoms with Gasteiger partial charge >= 0.3 is 0 Å². The third kappa shape index (κ3) is 3.94. The number of aryl methyl sites for hydroxylation is 1. The Morgan fingerprint density at radius 3 is 2.84 bits per heavy atom. The van der Waals surface area contributed by atoms with E-state index in [9.17, 15) is 9.18 Å². The van der Waals surface area contributed by atoms with Gasteiger partial charge in [-0.05, 0) is 42.8 Å². The van der Waals surface area contributed by atoms with Crippen LogP contribution in [-0.4, -0.2) is 31.6 Å². The van der Waals surface area contributed by atoms with Gasteiger partial charge in [0.2, 0.25) is 0 Å². The highest BCUT2D eigenvalue weighted by Gasteiger charge is 2.16. The zero-order valence-electron chi connectivity index (χ0n) is 16.9. The highest BCUT2D eigenvalue weighted by Crippen LogP contribution is 2.29. The number of thiophene rings is 1. The van der Waals surface area contributed by atoms with Crippen molar-refractivity contribution >= 4 is 33.1 Å². The molecular weight excluding hydrogens is 413 g/mol. The minimum Gasteiger partial charge on any atom is -0.351 e. The molecule has 1 amide bonds. The lowest BCUT2D eigenvalue weighted by Gasteiger charge is -2.03. The van der Waals surface area contributed by atoms with Crippen LogP contribution in [0.5, 0.6) is 0 Å². The number of nitrogens with zero attached hydrogens (tertiary/aromatic N) is 4. The first kappa shape index (κ1) is 19.4. The van der Waals surface area contributed by atoms with E-state index in [1.165, 1.54) is 23.5 Å². The molecule has 0 saturated carbocycles. The average molecular weight is 434 g/mol. The molecule has 0 saturated heterocycles. The van der Waals surface area contributed by atoms with Gasteiger partial charge in [-0.15, -0.1) is 11.3 Å². The van der Waals surface area contributed by atoms with Crippen LogP contribution in [0.15, 0.2) is 60.9 Å². The summed E-state index contributed by atoms with van der Waals surface area (Å²) < 4.78 is 17.0. The Bertz CT molecular complexity index is 1350. The monoisotopic (exact) mass is 433 g/mol. The lowest BCUT2D eigenvalue weighted by Crippen LogP contribution is -2.24. The van der Waals surface area contributed by atoms with E-state index in [2.05, 4.69) is 15.4 Å². The predicted molar refractivity (Wildman–Crippen MR) is 119 cm³/mol. The Morgan fingerprint density at radius 1 is 1.19 bits per heavy atom. The summed E-state index contributed by atoms with van der Waals surface area (Å²) in [5, 5.41) is 8.54. The number of carbonyl (C=O) groups excluding carboxylic acids is 1. The molecule has 0 bridgehead atoms. The van der Waals surface area contributed by atoms with E-state index in [4.69, 9.17) is 0 Å². The number of fused-ring (bicyclic) bond motifs is 2. The zero-order chi connectivity index (χ0) is 21.4. The second kappa shape index (κ2) is 7.96. The lowest BCUT2D eigenvalue weighted by atomic mass is 10.2. The van der Waals surface area contributed by atoms with Gasteiger partial charge < -0.3 is 9.72 Å². The van der Waals surface area contributed by atoms with Crippen LogP contribution in [-0.2, 0) is 13.0 Å². The maximum Gasteiger partial charge on any atom is 0.261 e. The Morgan fingerprint density at radius 2 is 2.03 bits per heavy atom. The molecule has 6 nitrogen and oxygen atoms in total. The molecule has 0 fully saturated rings. The Balaban J connectivity index is 1.28. The average Bonchev–Trinajstić information content (AvgIpc) is 3.45. The Hall–Kier alpha value is -3.52. The van der Waals surface area contributed by atoms with E-state index < -0.39 is 0 Å². The highest BCUT2D eigenvalue weighted by molar-refractivity contribution is 7.20. The maximum atomic E-state index is 13.2. The SMILES string of the molecule is Cc1nn(Cc2ccc(F)cc2)c2sc(C(=O)NCCc3cn4ccccc4n3)cc12. The number of hydrogen-bond donors (Lipinski definition) is 1. The summed E-state index contributed by atoms with van der Waals surface area (Å²) in [7, 11) is 0. The van der Waals surface area contributed by atoms with Crippen LogP contribution in [0, 0.1) is 12.7 Å². The number of rotatable bonds is 6. The number of pyridine rings is 1. The molecule has 4 heterocycles. The summed E-state index contributed by atoms with van der Waals surface area (Å²) in [6.45, 7) is 2.97. The molecule has 1 N–H and O–H groups in total. The molecule has 0 aliphatic rings. The number of halogens is 1.